The van der Waals surface area contributed by atoms with Crippen LogP contribution in [-0.2, 0) is 6.54 Å². The fourth-order valence-electron chi connectivity index (χ4n) is 2.32. The lowest BCUT2D eigenvalue weighted by Gasteiger charge is -2.10. The number of rotatable bonds is 3. The van der Waals surface area contributed by atoms with Gasteiger partial charge in [0.1, 0.15) is 11.2 Å². The van der Waals surface area contributed by atoms with Crippen LogP contribution in [0.15, 0.2) is 47.4 Å². The van der Waals surface area contributed by atoms with E-state index in [1.165, 1.54) is 4.68 Å². The molecule has 0 fully saturated rings. The molecule has 0 amide bonds. The molecule has 5 heteroatoms. The Hall–Kier alpha value is -2.20. The van der Waals surface area contributed by atoms with Gasteiger partial charge in [0.2, 0.25) is 0 Å². The summed E-state index contributed by atoms with van der Waals surface area (Å²) in [6.45, 7) is 2.58. The van der Waals surface area contributed by atoms with Crippen molar-refractivity contribution in [2.24, 2.45) is 0 Å². The normalized spacial score (nSPS) is 11.0. The molecular formula is C16H14ClN3O. The van der Waals surface area contributed by atoms with Gasteiger partial charge < -0.3 is 0 Å². The molecule has 0 aliphatic heterocycles. The monoisotopic (exact) mass is 299 g/mol. The molecule has 0 spiro atoms. The lowest BCUT2D eigenvalue weighted by molar-refractivity contribution is 0.575. The topological polar surface area (TPSA) is 47.8 Å². The third-order valence-electron chi connectivity index (χ3n) is 3.25. The Morgan fingerprint density at radius 1 is 1.24 bits per heavy atom. The van der Waals surface area contributed by atoms with E-state index in [0.29, 0.717) is 17.1 Å². The number of benzene rings is 1. The maximum atomic E-state index is 12.4. The number of hydrogen-bond donors (Lipinski definition) is 0. The van der Waals surface area contributed by atoms with Gasteiger partial charge in [-0.25, -0.2) is 4.68 Å². The van der Waals surface area contributed by atoms with E-state index in [4.69, 9.17) is 11.6 Å². The van der Waals surface area contributed by atoms with Gasteiger partial charge in [-0.3, -0.25) is 9.78 Å². The predicted octanol–water partition coefficient (Wildman–Crippen LogP) is 3.52. The second-order valence-electron chi connectivity index (χ2n) is 4.79. The first-order valence-electron chi connectivity index (χ1n) is 6.82. The van der Waals surface area contributed by atoms with Gasteiger partial charge in [0, 0.05) is 28.7 Å². The van der Waals surface area contributed by atoms with E-state index in [2.05, 4.69) is 10.1 Å². The highest BCUT2D eigenvalue weighted by atomic mass is 35.5. The minimum atomic E-state index is -0.154. The Balaban J connectivity index is 2.36. The van der Waals surface area contributed by atoms with Crippen LogP contribution in [0, 0.1) is 0 Å². The van der Waals surface area contributed by atoms with Crippen LogP contribution in [0.25, 0.3) is 22.2 Å². The van der Waals surface area contributed by atoms with E-state index in [0.717, 1.165) is 23.1 Å². The lowest BCUT2D eigenvalue weighted by Crippen LogP contribution is -2.24. The molecule has 0 atom stereocenters. The molecule has 0 aliphatic carbocycles. The number of aryl methyl sites for hydroxylation is 1. The zero-order chi connectivity index (χ0) is 14.8. The van der Waals surface area contributed by atoms with Crippen molar-refractivity contribution in [2.75, 3.05) is 0 Å². The minimum Gasteiger partial charge on any atom is -0.265 e. The summed E-state index contributed by atoms with van der Waals surface area (Å²) in [7, 11) is 0. The van der Waals surface area contributed by atoms with Crippen LogP contribution in [-0.4, -0.2) is 14.8 Å². The highest BCUT2D eigenvalue weighted by molar-refractivity contribution is 6.30. The molecule has 0 unspecified atom stereocenters. The van der Waals surface area contributed by atoms with Crippen molar-refractivity contribution in [1.29, 1.82) is 0 Å². The van der Waals surface area contributed by atoms with Crippen LogP contribution in [0.2, 0.25) is 5.02 Å². The molecule has 0 radical (unpaired) electrons. The lowest BCUT2D eigenvalue weighted by atomic mass is 10.1. The first-order valence-corrected chi connectivity index (χ1v) is 7.20. The van der Waals surface area contributed by atoms with Crippen molar-refractivity contribution in [1.82, 2.24) is 14.8 Å². The molecule has 3 aromatic rings. The van der Waals surface area contributed by atoms with Crippen molar-refractivity contribution < 1.29 is 0 Å². The largest absolute Gasteiger partial charge is 0.293 e. The summed E-state index contributed by atoms with van der Waals surface area (Å²) < 4.78 is 1.48. The summed E-state index contributed by atoms with van der Waals surface area (Å²) in [5.74, 6) is 0. The summed E-state index contributed by atoms with van der Waals surface area (Å²) in [6.07, 6.45) is 2.46. The molecule has 0 N–H and O–H groups in total. The van der Waals surface area contributed by atoms with Crippen LogP contribution in [0.1, 0.15) is 13.3 Å². The van der Waals surface area contributed by atoms with Gasteiger partial charge in [0.15, 0.2) is 0 Å². The second kappa shape index (κ2) is 5.66. The quantitative estimate of drug-likeness (QED) is 0.743. The van der Waals surface area contributed by atoms with Gasteiger partial charge in [-0.1, -0.05) is 30.7 Å². The van der Waals surface area contributed by atoms with Crippen LogP contribution in [0.3, 0.4) is 0 Å². The van der Waals surface area contributed by atoms with E-state index < -0.39 is 0 Å². The van der Waals surface area contributed by atoms with Gasteiger partial charge >= 0.3 is 0 Å². The Bertz CT molecular complexity index is 858. The molecule has 0 bridgehead atoms. The summed E-state index contributed by atoms with van der Waals surface area (Å²) in [6, 6.07) is 11.1. The highest BCUT2D eigenvalue weighted by Crippen LogP contribution is 2.25. The number of fused-ring (bicyclic) bond motifs is 1. The van der Waals surface area contributed by atoms with Gasteiger partial charge in [-0.2, -0.15) is 5.10 Å². The molecule has 0 aliphatic rings. The van der Waals surface area contributed by atoms with Crippen molar-refractivity contribution in [3.05, 3.63) is 58.0 Å². The number of hydrogen-bond acceptors (Lipinski definition) is 3. The molecule has 21 heavy (non-hydrogen) atoms. The zero-order valence-electron chi connectivity index (χ0n) is 11.6. The second-order valence-corrected chi connectivity index (χ2v) is 5.22. The van der Waals surface area contributed by atoms with Crippen molar-refractivity contribution in [3.8, 4) is 11.3 Å². The minimum absolute atomic E-state index is 0.154. The number of halogens is 1. The van der Waals surface area contributed by atoms with Crippen LogP contribution in [0.4, 0.5) is 0 Å². The standard InChI is InChI=1S/C16H14ClN3O/c1-2-9-20-16(21)15-13(7-4-8-18-15)14(19-20)11-5-3-6-12(17)10-11/h3-8,10H,2,9H2,1H3. The number of pyridine rings is 1. The van der Waals surface area contributed by atoms with E-state index in [1.807, 2.05) is 43.3 Å². The molecule has 1 aromatic carbocycles. The van der Waals surface area contributed by atoms with Crippen molar-refractivity contribution in [3.63, 3.8) is 0 Å². The molecule has 0 saturated carbocycles. The Morgan fingerprint density at radius 2 is 2.10 bits per heavy atom. The van der Waals surface area contributed by atoms with Crippen LogP contribution < -0.4 is 5.56 Å². The van der Waals surface area contributed by atoms with Gasteiger partial charge in [-0.15, -0.1) is 0 Å². The Labute approximate surface area is 127 Å². The smallest absolute Gasteiger partial charge is 0.265 e. The Morgan fingerprint density at radius 3 is 2.86 bits per heavy atom. The maximum absolute atomic E-state index is 12.4. The average Bonchev–Trinajstić information content (AvgIpc) is 2.50. The summed E-state index contributed by atoms with van der Waals surface area (Å²) in [5, 5.41) is 5.89. The fraction of sp³-hybridized carbons (Fsp3) is 0.188. The van der Waals surface area contributed by atoms with Crippen LogP contribution in [0.5, 0.6) is 0 Å². The first-order chi connectivity index (χ1) is 10.2. The van der Waals surface area contributed by atoms with Crippen LogP contribution >= 0.6 is 11.6 Å². The molecule has 106 valence electrons. The summed E-state index contributed by atoms with van der Waals surface area (Å²) in [5.41, 5.74) is 1.90. The van der Waals surface area contributed by atoms with E-state index in [-0.39, 0.29) is 5.56 Å². The third-order valence-corrected chi connectivity index (χ3v) is 3.49. The predicted molar refractivity (Wildman–Crippen MR) is 84.5 cm³/mol. The molecule has 4 nitrogen and oxygen atoms in total. The summed E-state index contributed by atoms with van der Waals surface area (Å²) >= 11 is 6.07. The molecule has 3 rings (SSSR count). The van der Waals surface area contributed by atoms with E-state index in [9.17, 15) is 4.79 Å². The maximum Gasteiger partial charge on any atom is 0.293 e. The van der Waals surface area contributed by atoms with E-state index in [1.54, 1.807) is 6.20 Å². The number of aromatic nitrogens is 3. The first kappa shape index (κ1) is 13.8. The Kier molecular flexibility index (Phi) is 3.71. The SMILES string of the molecule is CCCn1nc(-c2cccc(Cl)c2)c2cccnc2c1=O. The summed E-state index contributed by atoms with van der Waals surface area (Å²) in [4.78, 5) is 16.6. The van der Waals surface area contributed by atoms with E-state index >= 15 is 0 Å². The van der Waals surface area contributed by atoms with Gasteiger partial charge in [0.05, 0.1) is 0 Å². The number of nitrogens with zero attached hydrogens (tertiary/aromatic N) is 3. The van der Waals surface area contributed by atoms with Gasteiger partial charge in [-0.05, 0) is 30.7 Å². The zero-order valence-corrected chi connectivity index (χ0v) is 12.3. The van der Waals surface area contributed by atoms with Crippen molar-refractivity contribution >= 4 is 22.5 Å². The molecular weight excluding hydrogens is 286 g/mol. The van der Waals surface area contributed by atoms with Crippen molar-refractivity contribution in [2.45, 2.75) is 19.9 Å². The van der Waals surface area contributed by atoms with Gasteiger partial charge in [0.25, 0.3) is 5.56 Å². The molecule has 0 saturated heterocycles. The molecule has 2 heterocycles. The fourth-order valence-corrected chi connectivity index (χ4v) is 2.51. The third kappa shape index (κ3) is 2.54. The molecule has 2 aromatic heterocycles. The average molecular weight is 300 g/mol. The highest BCUT2D eigenvalue weighted by Gasteiger charge is 2.12.